The maximum atomic E-state index is 13.2. The summed E-state index contributed by atoms with van der Waals surface area (Å²) in [5, 5.41) is 7.13. The minimum absolute atomic E-state index is 0.270. The minimum Gasteiger partial charge on any atom is -0.497 e. The molecule has 2 heterocycles. The van der Waals surface area contributed by atoms with Crippen LogP contribution >= 0.6 is 11.3 Å². The van der Waals surface area contributed by atoms with Gasteiger partial charge in [-0.25, -0.2) is 9.36 Å². The van der Waals surface area contributed by atoms with Crippen LogP contribution in [0.25, 0.3) is 10.2 Å². The molecule has 4 aromatic rings. The van der Waals surface area contributed by atoms with E-state index in [-0.39, 0.29) is 13.1 Å². The van der Waals surface area contributed by atoms with Gasteiger partial charge < -0.3 is 15.4 Å². The number of amides is 2. The van der Waals surface area contributed by atoms with Gasteiger partial charge in [-0.05, 0) is 36.1 Å². The van der Waals surface area contributed by atoms with Crippen molar-refractivity contribution >= 4 is 39.1 Å². The van der Waals surface area contributed by atoms with Crippen molar-refractivity contribution in [2.75, 3.05) is 12.4 Å². The van der Waals surface area contributed by atoms with Crippen LogP contribution in [0.2, 0.25) is 0 Å². The lowest BCUT2D eigenvalue weighted by Crippen LogP contribution is -2.44. The van der Waals surface area contributed by atoms with E-state index in [1.807, 2.05) is 31.2 Å². The molecule has 0 aliphatic rings. The quantitative estimate of drug-likeness (QED) is 0.393. The number of aryl methyl sites for hydroxylation is 1. The van der Waals surface area contributed by atoms with Crippen LogP contribution in [0.15, 0.2) is 69.6 Å². The molecule has 9 nitrogen and oxygen atoms in total. The third-order valence-electron chi connectivity index (χ3n) is 5.40. The summed E-state index contributed by atoms with van der Waals surface area (Å²) in [6.07, 6.45) is 0. The first kappa shape index (κ1) is 24.0. The first-order chi connectivity index (χ1) is 16.9. The molecule has 4 rings (SSSR count). The lowest BCUT2D eigenvalue weighted by Gasteiger charge is -2.13. The van der Waals surface area contributed by atoms with E-state index in [0.717, 1.165) is 27.0 Å². The van der Waals surface area contributed by atoms with Crippen molar-refractivity contribution in [3.63, 3.8) is 0 Å². The molecule has 0 atom stereocenters. The van der Waals surface area contributed by atoms with E-state index in [4.69, 9.17) is 4.74 Å². The lowest BCUT2D eigenvalue weighted by molar-refractivity contribution is -0.122. The number of hydrogen-bond donors (Lipinski definition) is 2. The normalized spacial score (nSPS) is 10.8. The summed E-state index contributed by atoms with van der Waals surface area (Å²) in [6.45, 7) is 1.47. The second-order valence-corrected chi connectivity index (χ2v) is 8.85. The van der Waals surface area contributed by atoms with Gasteiger partial charge >= 0.3 is 5.69 Å². The first-order valence-electron chi connectivity index (χ1n) is 10.8. The molecule has 35 heavy (non-hydrogen) atoms. The molecule has 10 heteroatoms. The number of anilines is 1. The van der Waals surface area contributed by atoms with E-state index in [0.29, 0.717) is 21.7 Å². The Morgan fingerprint density at radius 3 is 2.46 bits per heavy atom. The Morgan fingerprint density at radius 2 is 1.71 bits per heavy atom. The minimum atomic E-state index is -0.729. The fraction of sp³-hybridized carbons (Fsp3) is 0.200. The highest BCUT2D eigenvalue weighted by molar-refractivity contribution is 7.17. The Morgan fingerprint density at radius 1 is 0.971 bits per heavy atom. The maximum Gasteiger partial charge on any atom is 0.332 e. The van der Waals surface area contributed by atoms with Crippen molar-refractivity contribution in [3.8, 4) is 5.75 Å². The van der Waals surface area contributed by atoms with Crippen molar-refractivity contribution in [2.24, 2.45) is 0 Å². The molecule has 0 unspecified atom stereocenters. The molecule has 0 aliphatic heterocycles. The van der Waals surface area contributed by atoms with Gasteiger partial charge in [0.05, 0.1) is 12.6 Å². The first-order valence-corrected chi connectivity index (χ1v) is 11.7. The van der Waals surface area contributed by atoms with Gasteiger partial charge in [-0.15, -0.1) is 11.3 Å². The highest BCUT2D eigenvalue weighted by Gasteiger charge is 2.18. The number of rotatable bonds is 8. The largest absolute Gasteiger partial charge is 0.497 e. The summed E-state index contributed by atoms with van der Waals surface area (Å²) in [6, 6.07) is 16.1. The maximum absolute atomic E-state index is 13.2. The molecule has 2 aromatic carbocycles. The summed E-state index contributed by atoms with van der Waals surface area (Å²) in [4.78, 5) is 51.4. The zero-order chi connectivity index (χ0) is 24.9. The summed E-state index contributed by atoms with van der Waals surface area (Å²) < 4.78 is 7.52. The summed E-state index contributed by atoms with van der Waals surface area (Å²) in [7, 11) is 1.52. The predicted octanol–water partition coefficient (Wildman–Crippen LogP) is 2.50. The van der Waals surface area contributed by atoms with Gasteiger partial charge in [0.2, 0.25) is 11.8 Å². The Bertz CT molecular complexity index is 1500. The van der Waals surface area contributed by atoms with E-state index in [2.05, 4.69) is 10.6 Å². The fourth-order valence-electron chi connectivity index (χ4n) is 3.58. The molecule has 0 aliphatic carbocycles. The summed E-state index contributed by atoms with van der Waals surface area (Å²) in [5.41, 5.74) is 1.57. The van der Waals surface area contributed by atoms with Crippen LogP contribution in [0.5, 0.6) is 5.75 Å². The topological polar surface area (TPSA) is 111 Å². The second-order valence-electron chi connectivity index (χ2n) is 7.94. The van der Waals surface area contributed by atoms with Crippen LogP contribution < -0.4 is 26.6 Å². The predicted molar refractivity (Wildman–Crippen MR) is 135 cm³/mol. The third kappa shape index (κ3) is 5.49. The van der Waals surface area contributed by atoms with Gasteiger partial charge in [-0.1, -0.05) is 35.9 Å². The highest BCUT2D eigenvalue weighted by atomic mass is 32.1. The third-order valence-corrected chi connectivity index (χ3v) is 6.30. The molecule has 180 valence electrons. The molecule has 0 spiro atoms. The molecule has 0 saturated heterocycles. The smallest absolute Gasteiger partial charge is 0.332 e. The van der Waals surface area contributed by atoms with Crippen LogP contribution in [0.1, 0.15) is 11.1 Å². The number of hydrogen-bond acceptors (Lipinski definition) is 6. The standard InChI is InChI=1S/C25H24N4O5S/c1-16-6-8-17(9-7-16)13-26-21(30)14-29-24(32)23-20(10-11-35-23)28(25(29)33)15-22(31)27-18-4-3-5-19(12-18)34-2/h3-12H,13-15H2,1-2H3,(H,26,30)(H,27,31). The average molecular weight is 493 g/mol. The molecular weight excluding hydrogens is 468 g/mol. The lowest BCUT2D eigenvalue weighted by atomic mass is 10.1. The SMILES string of the molecule is COc1cccc(NC(=O)Cn2c(=O)n(CC(=O)NCc3ccc(C)cc3)c(=O)c3sccc32)c1. The van der Waals surface area contributed by atoms with Gasteiger partial charge in [-0.3, -0.25) is 19.0 Å². The van der Waals surface area contributed by atoms with E-state index >= 15 is 0 Å². The molecule has 2 N–H and O–H groups in total. The molecule has 0 saturated carbocycles. The number of carbonyl (C=O) groups is 2. The number of thiophene rings is 1. The second kappa shape index (κ2) is 10.4. The highest BCUT2D eigenvalue weighted by Crippen LogP contribution is 2.18. The van der Waals surface area contributed by atoms with Gasteiger partial charge in [-0.2, -0.15) is 0 Å². The molecule has 2 aromatic heterocycles. The Balaban J connectivity index is 1.55. The number of benzene rings is 2. The van der Waals surface area contributed by atoms with Gasteiger partial charge in [0.15, 0.2) is 0 Å². The van der Waals surface area contributed by atoms with Crippen LogP contribution in [0, 0.1) is 6.92 Å². The van der Waals surface area contributed by atoms with E-state index in [9.17, 15) is 19.2 Å². The number of nitrogens with one attached hydrogen (secondary N) is 2. The zero-order valence-corrected chi connectivity index (χ0v) is 20.1. The van der Waals surface area contributed by atoms with Crippen molar-refractivity contribution < 1.29 is 14.3 Å². The number of methoxy groups -OCH3 is 1. The van der Waals surface area contributed by atoms with Gasteiger partial charge in [0.25, 0.3) is 5.56 Å². The van der Waals surface area contributed by atoms with E-state index < -0.39 is 29.6 Å². The number of nitrogens with zero attached hydrogens (tertiary/aromatic N) is 2. The van der Waals surface area contributed by atoms with Gasteiger partial charge in [0.1, 0.15) is 23.5 Å². The van der Waals surface area contributed by atoms with Crippen molar-refractivity contribution in [1.82, 2.24) is 14.5 Å². The number of ether oxygens (including phenoxy) is 1. The van der Waals surface area contributed by atoms with Gasteiger partial charge in [0, 0.05) is 18.3 Å². The van der Waals surface area contributed by atoms with Crippen LogP contribution in [-0.2, 0) is 29.2 Å². The molecule has 0 radical (unpaired) electrons. The molecule has 0 fully saturated rings. The molecule has 0 bridgehead atoms. The molecular formula is C25H24N4O5S. The van der Waals surface area contributed by atoms with Crippen molar-refractivity contribution in [3.05, 3.63) is 91.9 Å². The summed E-state index contributed by atoms with van der Waals surface area (Å²) in [5.74, 6) is -0.361. The molecule has 2 amide bonds. The van der Waals surface area contributed by atoms with Crippen molar-refractivity contribution in [2.45, 2.75) is 26.6 Å². The Kier molecular flexibility index (Phi) is 7.11. The number of carbonyl (C=O) groups excluding carboxylic acids is 2. The van der Waals surface area contributed by atoms with E-state index in [1.165, 1.54) is 11.7 Å². The zero-order valence-electron chi connectivity index (χ0n) is 19.2. The van der Waals surface area contributed by atoms with Crippen molar-refractivity contribution in [1.29, 1.82) is 0 Å². The van der Waals surface area contributed by atoms with Crippen LogP contribution in [0.4, 0.5) is 5.69 Å². The fourth-order valence-corrected chi connectivity index (χ4v) is 4.42. The van der Waals surface area contributed by atoms with Crippen LogP contribution in [0.3, 0.4) is 0 Å². The van der Waals surface area contributed by atoms with Crippen LogP contribution in [-0.4, -0.2) is 28.1 Å². The Hall–Kier alpha value is -4.18. The number of aromatic nitrogens is 2. The number of fused-ring (bicyclic) bond motifs is 1. The van der Waals surface area contributed by atoms with E-state index in [1.54, 1.807) is 35.7 Å². The Labute approximate surface area is 204 Å². The monoisotopic (exact) mass is 492 g/mol. The summed E-state index contributed by atoms with van der Waals surface area (Å²) >= 11 is 1.15. The average Bonchev–Trinajstić information content (AvgIpc) is 3.34.